The Kier molecular flexibility index (Phi) is 28.8. The quantitative estimate of drug-likeness (QED) is 0.0503. The molecule has 0 saturated carbocycles. The van der Waals surface area contributed by atoms with Crippen molar-refractivity contribution in [3.8, 4) is 6.01 Å². The van der Waals surface area contributed by atoms with Crippen LogP contribution in [-0.2, 0) is 14.3 Å². The first-order valence-electron chi connectivity index (χ1n) is 20.1. The minimum absolute atomic E-state index is 0.0725. The maximum Gasteiger partial charge on any atom is 0.316 e. The highest BCUT2D eigenvalue weighted by atomic mass is 32.2. The van der Waals surface area contributed by atoms with E-state index < -0.39 is 5.97 Å². The maximum atomic E-state index is 10.5. The molecular formula is C40H70N4O5S. The Labute approximate surface area is 309 Å². The lowest BCUT2D eigenvalue weighted by Gasteiger charge is -2.18. The van der Waals surface area contributed by atoms with E-state index in [1.165, 1.54) is 96.3 Å². The van der Waals surface area contributed by atoms with Gasteiger partial charge < -0.3 is 29.0 Å². The number of ether oxygens (including phenoxy) is 3. The summed E-state index contributed by atoms with van der Waals surface area (Å²) in [4.78, 5) is 21.3. The highest BCUT2D eigenvalue weighted by Gasteiger charge is 2.15. The van der Waals surface area contributed by atoms with E-state index in [1.54, 1.807) is 18.5 Å². The van der Waals surface area contributed by atoms with Crippen LogP contribution in [0, 0.1) is 0 Å². The molecular weight excluding hydrogens is 649 g/mol. The minimum atomic E-state index is -0.966. The maximum absolute atomic E-state index is 10.5. The molecule has 10 heteroatoms. The Bertz CT molecular complexity index is 984. The van der Waals surface area contributed by atoms with Crippen LogP contribution in [0.2, 0.25) is 0 Å². The largest absolute Gasteiger partial charge is 0.550 e. The lowest BCUT2D eigenvalue weighted by atomic mass is 10.0. The number of hydrogen-bond donors (Lipinski definition) is 0. The Balaban J connectivity index is 1.42. The van der Waals surface area contributed by atoms with E-state index in [-0.39, 0.29) is 12.5 Å². The number of aromatic nitrogens is 2. The zero-order chi connectivity index (χ0) is 35.6. The van der Waals surface area contributed by atoms with Gasteiger partial charge in [0.2, 0.25) is 6.67 Å². The van der Waals surface area contributed by atoms with Crippen LogP contribution in [0.25, 0.3) is 0 Å². The number of rotatable bonds is 36. The fourth-order valence-electron chi connectivity index (χ4n) is 5.95. The molecule has 1 unspecified atom stereocenters. The number of nitrogens with zero attached hydrogens (tertiary/aromatic N) is 4. The van der Waals surface area contributed by atoms with Crippen molar-refractivity contribution in [2.45, 2.75) is 154 Å². The van der Waals surface area contributed by atoms with E-state index in [9.17, 15) is 9.90 Å². The molecule has 0 amide bonds. The Morgan fingerprint density at radius 2 is 1.46 bits per heavy atom. The van der Waals surface area contributed by atoms with Gasteiger partial charge in [-0.1, -0.05) is 103 Å². The van der Waals surface area contributed by atoms with Crippen molar-refractivity contribution >= 4 is 23.9 Å². The number of unbranched alkanes of at least 4 members (excludes halogenated alkanes) is 17. The molecule has 9 nitrogen and oxygen atoms in total. The second kappa shape index (κ2) is 32.7. The predicted octanol–water partition coefficient (Wildman–Crippen LogP) is 8.17. The summed E-state index contributed by atoms with van der Waals surface area (Å²) in [5.41, 5.74) is 0. The molecule has 286 valence electrons. The van der Waals surface area contributed by atoms with Crippen LogP contribution in [0.3, 0.4) is 0 Å². The van der Waals surface area contributed by atoms with Crippen LogP contribution in [0.5, 0.6) is 6.01 Å². The van der Waals surface area contributed by atoms with Gasteiger partial charge in [0.25, 0.3) is 0 Å². The molecule has 0 radical (unpaired) electrons. The molecule has 0 aliphatic carbocycles. The molecule has 1 aliphatic heterocycles. The van der Waals surface area contributed by atoms with Gasteiger partial charge in [0.05, 0.1) is 12.8 Å². The SMILES string of the molecule is CCCCCCCCCCCCCCCCCCOCC(CSCCCOCCCN1C=C[N+](=CCCCCC(=O)[O-])C1)Oc1ncccn1. The minimum Gasteiger partial charge on any atom is -0.550 e. The zero-order valence-electron chi connectivity index (χ0n) is 31.5. The van der Waals surface area contributed by atoms with E-state index in [1.807, 2.05) is 11.8 Å². The average Bonchev–Trinajstić information content (AvgIpc) is 3.57. The molecule has 0 saturated heterocycles. The highest BCUT2D eigenvalue weighted by molar-refractivity contribution is 7.99. The van der Waals surface area contributed by atoms with Crippen LogP contribution >= 0.6 is 11.8 Å². The lowest BCUT2D eigenvalue weighted by molar-refractivity contribution is -0.460. The normalized spacial score (nSPS) is 14.2. The first kappa shape index (κ1) is 44.0. The fourth-order valence-corrected chi connectivity index (χ4v) is 6.86. The van der Waals surface area contributed by atoms with Gasteiger partial charge in [0.15, 0.2) is 6.20 Å². The zero-order valence-corrected chi connectivity index (χ0v) is 32.3. The number of carboxylic acids is 1. The van der Waals surface area contributed by atoms with E-state index in [0.29, 0.717) is 19.0 Å². The van der Waals surface area contributed by atoms with Crippen molar-refractivity contribution < 1.29 is 28.7 Å². The van der Waals surface area contributed by atoms with E-state index in [2.05, 4.69) is 45.0 Å². The molecule has 0 fully saturated rings. The van der Waals surface area contributed by atoms with Crippen molar-refractivity contribution in [1.82, 2.24) is 14.9 Å². The summed E-state index contributed by atoms with van der Waals surface area (Å²) in [7, 11) is 0. The van der Waals surface area contributed by atoms with Crippen LogP contribution in [-0.4, -0.2) is 88.9 Å². The van der Waals surface area contributed by atoms with Gasteiger partial charge in [-0.15, -0.1) is 0 Å². The molecule has 0 bridgehead atoms. The molecule has 0 spiro atoms. The van der Waals surface area contributed by atoms with Gasteiger partial charge in [-0.05, 0) is 50.3 Å². The Hall–Kier alpha value is -2.17. The Morgan fingerprint density at radius 1 is 0.840 bits per heavy atom. The number of carbonyl (C=O) groups is 1. The molecule has 1 aromatic rings. The second-order valence-electron chi connectivity index (χ2n) is 13.6. The van der Waals surface area contributed by atoms with Gasteiger partial charge in [0, 0.05) is 56.9 Å². The first-order valence-corrected chi connectivity index (χ1v) is 21.2. The summed E-state index contributed by atoms with van der Waals surface area (Å²) in [6, 6.07) is 2.21. The van der Waals surface area contributed by atoms with Crippen LogP contribution in [0.4, 0.5) is 0 Å². The van der Waals surface area contributed by atoms with Gasteiger partial charge >= 0.3 is 6.01 Å². The van der Waals surface area contributed by atoms with Crippen LogP contribution in [0.15, 0.2) is 30.9 Å². The molecule has 50 heavy (non-hydrogen) atoms. The topological polar surface area (TPSA) is 99.9 Å². The number of carbonyl (C=O) groups excluding carboxylic acids is 1. The standard InChI is InChI=1S/C40H70N4O5S/c1-2-3-4-5-6-7-8-9-10-11-12-13-14-15-16-20-31-48-35-38(49-40-41-25-21-26-42-40)36-50-34-23-33-47-32-22-28-44-30-29-43(37-44)27-19-17-18-24-39(45)46/h21,25-27,29-30,38H,2-20,22-24,28,31-37H2,1H3. The van der Waals surface area contributed by atoms with Gasteiger partial charge in [-0.25, -0.2) is 9.97 Å². The molecule has 2 heterocycles. The summed E-state index contributed by atoms with van der Waals surface area (Å²) in [6.07, 6.45) is 36.2. The fraction of sp³-hybridized carbons (Fsp3) is 0.800. The smallest absolute Gasteiger partial charge is 0.316 e. The van der Waals surface area contributed by atoms with Gasteiger partial charge in [-0.2, -0.15) is 16.3 Å². The van der Waals surface area contributed by atoms with Crippen molar-refractivity contribution in [1.29, 1.82) is 0 Å². The molecule has 0 aromatic carbocycles. The lowest BCUT2D eigenvalue weighted by Crippen LogP contribution is -2.27. The molecule has 2 rings (SSSR count). The van der Waals surface area contributed by atoms with Gasteiger partial charge in [-0.3, -0.25) is 0 Å². The third-order valence-electron chi connectivity index (χ3n) is 8.89. The number of aliphatic carboxylic acids is 1. The number of thioether (sulfide) groups is 1. The monoisotopic (exact) mass is 719 g/mol. The molecule has 1 aromatic heterocycles. The van der Waals surface area contributed by atoms with E-state index in [4.69, 9.17) is 14.2 Å². The van der Waals surface area contributed by atoms with Crippen molar-refractivity contribution in [2.75, 3.05) is 51.1 Å². The number of hydrogen-bond acceptors (Lipinski definition) is 9. The summed E-state index contributed by atoms with van der Waals surface area (Å²) in [5.74, 6) is 0.882. The summed E-state index contributed by atoms with van der Waals surface area (Å²) in [6.45, 7) is 6.95. The van der Waals surface area contributed by atoms with E-state index in [0.717, 1.165) is 76.6 Å². The summed E-state index contributed by atoms with van der Waals surface area (Å²) >= 11 is 1.87. The average molecular weight is 719 g/mol. The molecule has 0 N–H and O–H groups in total. The van der Waals surface area contributed by atoms with Crippen molar-refractivity contribution in [3.63, 3.8) is 0 Å². The third kappa shape index (κ3) is 26.6. The number of carboxylic acid groups (broad SMARTS) is 1. The van der Waals surface area contributed by atoms with Crippen LogP contribution < -0.4 is 9.84 Å². The molecule has 1 atom stereocenters. The second-order valence-corrected chi connectivity index (χ2v) is 14.8. The summed E-state index contributed by atoms with van der Waals surface area (Å²) in [5, 5.41) is 10.5. The third-order valence-corrected chi connectivity index (χ3v) is 10.1. The van der Waals surface area contributed by atoms with Crippen molar-refractivity contribution in [2.24, 2.45) is 0 Å². The van der Waals surface area contributed by atoms with E-state index >= 15 is 0 Å². The Morgan fingerprint density at radius 3 is 2.12 bits per heavy atom. The van der Waals surface area contributed by atoms with Crippen LogP contribution in [0.1, 0.15) is 148 Å². The highest BCUT2D eigenvalue weighted by Crippen LogP contribution is 2.15. The van der Waals surface area contributed by atoms with Gasteiger partial charge in [0.1, 0.15) is 12.3 Å². The predicted molar refractivity (Wildman–Crippen MR) is 205 cm³/mol. The first-order chi connectivity index (χ1) is 24.7. The summed E-state index contributed by atoms with van der Waals surface area (Å²) < 4.78 is 20.2. The van der Waals surface area contributed by atoms with Crippen molar-refractivity contribution in [3.05, 3.63) is 30.9 Å². The molecule has 1 aliphatic rings.